The number of thioether (sulfide) groups is 1. The maximum absolute atomic E-state index is 13.0. The molecule has 0 bridgehead atoms. The minimum atomic E-state index is -0.399. The SMILES string of the molecule is CSc1cc(Cl)cc(Cl)c1F. The summed E-state index contributed by atoms with van der Waals surface area (Å²) >= 11 is 12.4. The molecule has 0 spiro atoms. The highest BCUT2D eigenvalue weighted by atomic mass is 35.5. The number of halogens is 3. The maximum Gasteiger partial charge on any atom is 0.155 e. The molecule has 0 nitrogen and oxygen atoms in total. The van der Waals surface area contributed by atoms with Crippen molar-refractivity contribution >= 4 is 35.0 Å². The number of rotatable bonds is 1. The highest BCUT2D eigenvalue weighted by Crippen LogP contribution is 2.29. The van der Waals surface area contributed by atoms with E-state index in [0.29, 0.717) is 9.92 Å². The fourth-order valence-corrected chi connectivity index (χ4v) is 1.83. The van der Waals surface area contributed by atoms with Crippen LogP contribution in [0, 0.1) is 5.82 Å². The molecule has 0 heterocycles. The van der Waals surface area contributed by atoms with E-state index in [0.717, 1.165) is 0 Å². The van der Waals surface area contributed by atoms with E-state index in [4.69, 9.17) is 23.2 Å². The third-order valence-electron chi connectivity index (χ3n) is 1.18. The first-order chi connectivity index (χ1) is 5.15. The van der Waals surface area contributed by atoms with Crippen LogP contribution in [0.4, 0.5) is 4.39 Å². The van der Waals surface area contributed by atoms with E-state index in [1.54, 1.807) is 12.3 Å². The van der Waals surface area contributed by atoms with E-state index in [9.17, 15) is 4.39 Å². The molecule has 11 heavy (non-hydrogen) atoms. The molecule has 1 aromatic carbocycles. The second kappa shape index (κ2) is 3.65. The van der Waals surface area contributed by atoms with Gasteiger partial charge in [0.15, 0.2) is 5.82 Å². The zero-order valence-corrected chi connectivity index (χ0v) is 8.03. The van der Waals surface area contributed by atoms with Gasteiger partial charge >= 0.3 is 0 Å². The first kappa shape index (κ1) is 9.17. The molecule has 1 aromatic rings. The van der Waals surface area contributed by atoms with Crippen molar-refractivity contribution in [2.24, 2.45) is 0 Å². The lowest BCUT2D eigenvalue weighted by atomic mass is 10.3. The van der Waals surface area contributed by atoms with Gasteiger partial charge in [0.2, 0.25) is 0 Å². The van der Waals surface area contributed by atoms with Crippen LogP contribution in [0.3, 0.4) is 0 Å². The molecule has 0 radical (unpaired) electrons. The third kappa shape index (κ3) is 2.01. The standard InChI is InChI=1S/C7H5Cl2FS/c1-11-6-3-4(8)2-5(9)7(6)10/h2-3H,1H3. The van der Waals surface area contributed by atoms with Gasteiger partial charge in [-0.05, 0) is 18.4 Å². The van der Waals surface area contributed by atoms with Crippen LogP contribution in [-0.2, 0) is 0 Å². The summed E-state index contributed by atoms with van der Waals surface area (Å²) in [7, 11) is 0. The molecule has 60 valence electrons. The van der Waals surface area contributed by atoms with Crippen molar-refractivity contribution in [3.8, 4) is 0 Å². The van der Waals surface area contributed by atoms with Gasteiger partial charge in [0.25, 0.3) is 0 Å². The first-order valence-electron chi connectivity index (χ1n) is 2.83. The summed E-state index contributed by atoms with van der Waals surface area (Å²) in [6.07, 6.45) is 1.77. The van der Waals surface area contributed by atoms with E-state index in [1.165, 1.54) is 17.8 Å². The molecule has 0 aromatic heterocycles. The molecular weight excluding hydrogens is 206 g/mol. The van der Waals surface area contributed by atoms with Gasteiger partial charge in [-0.3, -0.25) is 0 Å². The quantitative estimate of drug-likeness (QED) is 0.502. The zero-order chi connectivity index (χ0) is 8.43. The minimum absolute atomic E-state index is 0.0712. The molecule has 0 N–H and O–H groups in total. The number of hydrogen-bond donors (Lipinski definition) is 0. The Morgan fingerprint density at radius 2 is 2.00 bits per heavy atom. The Labute approximate surface area is 78.7 Å². The molecule has 0 fully saturated rings. The van der Waals surface area contributed by atoms with E-state index in [-0.39, 0.29) is 5.02 Å². The fourth-order valence-electron chi connectivity index (χ4n) is 0.681. The molecule has 4 heteroatoms. The Hall–Kier alpha value is 0.0800. The number of benzene rings is 1. The minimum Gasteiger partial charge on any atom is -0.204 e. The topological polar surface area (TPSA) is 0 Å². The molecule has 1 rings (SSSR count). The van der Waals surface area contributed by atoms with Gasteiger partial charge in [-0.1, -0.05) is 23.2 Å². The van der Waals surface area contributed by atoms with Gasteiger partial charge in [0.1, 0.15) is 0 Å². The lowest BCUT2D eigenvalue weighted by Gasteiger charge is -2.00. The Bertz CT molecular complexity index is 275. The molecule has 0 aliphatic heterocycles. The monoisotopic (exact) mass is 210 g/mol. The van der Waals surface area contributed by atoms with Crippen molar-refractivity contribution < 1.29 is 4.39 Å². The summed E-state index contributed by atoms with van der Waals surface area (Å²) in [5.74, 6) is -0.399. The molecule has 0 saturated heterocycles. The lowest BCUT2D eigenvalue weighted by molar-refractivity contribution is 0.603. The van der Waals surface area contributed by atoms with Crippen LogP contribution in [0.5, 0.6) is 0 Å². The average Bonchev–Trinajstić information content (AvgIpc) is 1.96. The molecule has 0 aliphatic carbocycles. The number of hydrogen-bond acceptors (Lipinski definition) is 1. The second-order valence-corrected chi connectivity index (χ2v) is 3.60. The van der Waals surface area contributed by atoms with Crippen LogP contribution < -0.4 is 0 Å². The highest BCUT2D eigenvalue weighted by molar-refractivity contribution is 7.98. The Balaban J connectivity index is 3.24. The van der Waals surface area contributed by atoms with Gasteiger partial charge in [-0.15, -0.1) is 11.8 Å². The molecule has 0 amide bonds. The maximum atomic E-state index is 13.0. The van der Waals surface area contributed by atoms with E-state index < -0.39 is 5.82 Å². The Kier molecular flexibility index (Phi) is 3.05. The zero-order valence-electron chi connectivity index (χ0n) is 5.70. The van der Waals surface area contributed by atoms with Gasteiger partial charge in [-0.2, -0.15) is 0 Å². The Morgan fingerprint density at radius 1 is 1.36 bits per heavy atom. The summed E-state index contributed by atoms with van der Waals surface area (Å²) in [6.45, 7) is 0. The van der Waals surface area contributed by atoms with Crippen molar-refractivity contribution in [2.75, 3.05) is 6.26 Å². The van der Waals surface area contributed by atoms with Crippen LogP contribution in [0.25, 0.3) is 0 Å². The van der Waals surface area contributed by atoms with Crippen molar-refractivity contribution in [2.45, 2.75) is 4.90 Å². The van der Waals surface area contributed by atoms with Gasteiger partial charge in [0.05, 0.1) is 5.02 Å². The molecule has 0 saturated carbocycles. The smallest absolute Gasteiger partial charge is 0.155 e. The summed E-state index contributed by atoms with van der Waals surface area (Å²) in [5.41, 5.74) is 0. The lowest BCUT2D eigenvalue weighted by Crippen LogP contribution is -1.81. The summed E-state index contributed by atoms with van der Waals surface area (Å²) in [6, 6.07) is 2.94. The van der Waals surface area contributed by atoms with Gasteiger partial charge in [-0.25, -0.2) is 4.39 Å². The van der Waals surface area contributed by atoms with Crippen LogP contribution in [-0.4, -0.2) is 6.26 Å². The molecular formula is C7H5Cl2FS. The normalized spacial score (nSPS) is 10.2. The van der Waals surface area contributed by atoms with Crippen molar-refractivity contribution in [3.63, 3.8) is 0 Å². The summed E-state index contributed by atoms with van der Waals surface area (Å²) < 4.78 is 13.0. The molecule has 0 aliphatic rings. The predicted octanol–water partition coefficient (Wildman–Crippen LogP) is 3.85. The largest absolute Gasteiger partial charge is 0.204 e. The average molecular weight is 211 g/mol. The predicted molar refractivity (Wildman–Crippen MR) is 48.2 cm³/mol. The fraction of sp³-hybridized carbons (Fsp3) is 0.143. The molecule has 0 atom stereocenters. The first-order valence-corrected chi connectivity index (χ1v) is 4.81. The Morgan fingerprint density at radius 3 is 2.55 bits per heavy atom. The van der Waals surface area contributed by atoms with E-state index >= 15 is 0 Å². The summed E-state index contributed by atoms with van der Waals surface area (Å²) in [4.78, 5) is 0.475. The highest BCUT2D eigenvalue weighted by Gasteiger charge is 2.06. The van der Waals surface area contributed by atoms with Crippen LogP contribution in [0.15, 0.2) is 17.0 Å². The van der Waals surface area contributed by atoms with Crippen molar-refractivity contribution in [1.82, 2.24) is 0 Å². The van der Waals surface area contributed by atoms with Crippen molar-refractivity contribution in [3.05, 3.63) is 28.0 Å². The van der Waals surface area contributed by atoms with Crippen LogP contribution in [0.2, 0.25) is 10.0 Å². The third-order valence-corrected chi connectivity index (χ3v) is 2.41. The second-order valence-electron chi connectivity index (χ2n) is 1.90. The van der Waals surface area contributed by atoms with E-state index in [1.807, 2.05) is 0 Å². The van der Waals surface area contributed by atoms with Crippen LogP contribution in [0.1, 0.15) is 0 Å². The van der Waals surface area contributed by atoms with Gasteiger partial charge in [0, 0.05) is 9.92 Å². The van der Waals surface area contributed by atoms with Crippen LogP contribution >= 0.6 is 35.0 Å². The van der Waals surface area contributed by atoms with Crippen molar-refractivity contribution in [1.29, 1.82) is 0 Å². The van der Waals surface area contributed by atoms with E-state index in [2.05, 4.69) is 0 Å². The van der Waals surface area contributed by atoms with Gasteiger partial charge < -0.3 is 0 Å². The summed E-state index contributed by atoms with van der Waals surface area (Å²) in [5, 5.41) is 0.530. The molecule has 0 unspecified atom stereocenters.